The minimum Gasteiger partial charge on any atom is -0.465 e. The first kappa shape index (κ1) is 12.5. The molecule has 0 aliphatic carbocycles. The maximum Gasteiger partial charge on any atom is 0.408 e. The van der Waals surface area contributed by atoms with Crippen molar-refractivity contribution in [2.75, 3.05) is 0 Å². The summed E-state index contributed by atoms with van der Waals surface area (Å²) in [6.07, 6.45) is -1.10. The second-order valence-electron chi connectivity index (χ2n) is 4.02. The van der Waals surface area contributed by atoms with Crippen molar-refractivity contribution in [3.05, 3.63) is 0 Å². The molecule has 0 spiro atoms. The molecule has 0 aliphatic rings. The van der Waals surface area contributed by atoms with Gasteiger partial charge < -0.3 is 16.0 Å². The number of nitrogens with zero attached hydrogens (tertiary/aromatic N) is 2. The maximum absolute atomic E-state index is 10.9. The normalized spacial score (nSPS) is 15.0. The van der Waals surface area contributed by atoms with E-state index in [1.807, 2.05) is 0 Å². The summed E-state index contributed by atoms with van der Waals surface area (Å²) in [5, 5.41) is 20.2. The van der Waals surface area contributed by atoms with Gasteiger partial charge in [0.2, 0.25) is 0 Å². The SMILES string of the molecule is C[C@@H](/C(N)=N/O)N(C(=O)O)C(C)(C)C. The molecule has 0 aromatic rings. The molecule has 0 fully saturated rings. The molecule has 4 N–H and O–H groups in total. The van der Waals surface area contributed by atoms with Gasteiger partial charge in [-0.3, -0.25) is 4.90 Å². The van der Waals surface area contributed by atoms with Crippen LogP contribution in [0.3, 0.4) is 0 Å². The van der Waals surface area contributed by atoms with Crippen LogP contribution in [0.15, 0.2) is 5.16 Å². The summed E-state index contributed by atoms with van der Waals surface area (Å²) in [5.41, 5.74) is 4.75. The minimum absolute atomic E-state index is 0.123. The number of amidine groups is 1. The molecule has 0 aromatic carbocycles. The van der Waals surface area contributed by atoms with Crippen LogP contribution in [-0.2, 0) is 0 Å². The Bertz CT molecular complexity index is 245. The zero-order valence-corrected chi connectivity index (χ0v) is 8.85. The molecule has 1 atom stereocenters. The van der Waals surface area contributed by atoms with Gasteiger partial charge in [-0.25, -0.2) is 4.79 Å². The van der Waals surface area contributed by atoms with Crippen molar-refractivity contribution in [2.45, 2.75) is 39.3 Å². The van der Waals surface area contributed by atoms with Crippen molar-refractivity contribution < 1.29 is 15.1 Å². The predicted octanol–water partition coefficient (Wildman–Crippen LogP) is 0.900. The second kappa shape index (κ2) is 4.17. The van der Waals surface area contributed by atoms with E-state index in [2.05, 4.69) is 5.16 Å². The molecule has 14 heavy (non-hydrogen) atoms. The van der Waals surface area contributed by atoms with Crippen molar-refractivity contribution in [3.63, 3.8) is 0 Å². The molecule has 6 heteroatoms. The van der Waals surface area contributed by atoms with Gasteiger partial charge >= 0.3 is 6.09 Å². The third-order valence-electron chi connectivity index (χ3n) is 1.86. The van der Waals surface area contributed by atoms with Crippen molar-refractivity contribution in [3.8, 4) is 0 Å². The third kappa shape index (κ3) is 2.79. The Balaban J connectivity index is 4.95. The minimum atomic E-state index is -1.10. The van der Waals surface area contributed by atoms with E-state index in [0.29, 0.717) is 0 Å². The van der Waals surface area contributed by atoms with Crippen molar-refractivity contribution in [1.29, 1.82) is 0 Å². The molecule has 0 unspecified atom stereocenters. The molecule has 0 aliphatic heterocycles. The quantitative estimate of drug-likeness (QED) is 0.269. The van der Waals surface area contributed by atoms with Crippen molar-refractivity contribution >= 4 is 11.9 Å². The highest BCUT2D eigenvalue weighted by atomic mass is 16.4. The zero-order valence-electron chi connectivity index (χ0n) is 8.85. The molecule has 0 rings (SSSR count). The lowest BCUT2D eigenvalue weighted by Crippen LogP contribution is -2.54. The summed E-state index contributed by atoms with van der Waals surface area (Å²) in [6, 6.07) is -0.655. The van der Waals surface area contributed by atoms with E-state index in [-0.39, 0.29) is 5.84 Å². The van der Waals surface area contributed by atoms with Crippen LogP contribution >= 0.6 is 0 Å². The number of hydrogen-bond donors (Lipinski definition) is 3. The lowest BCUT2D eigenvalue weighted by Gasteiger charge is -2.37. The Morgan fingerprint density at radius 3 is 2.14 bits per heavy atom. The summed E-state index contributed by atoms with van der Waals surface area (Å²) in [7, 11) is 0. The number of hydrogen-bond acceptors (Lipinski definition) is 3. The van der Waals surface area contributed by atoms with Crippen molar-refractivity contribution in [1.82, 2.24) is 4.90 Å². The molecule has 0 saturated heterocycles. The largest absolute Gasteiger partial charge is 0.465 e. The van der Waals surface area contributed by atoms with Gasteiger partial charge in [-0.2, -0.15) is 0 Å². The lowest BCUT2D eigenvalue weighted by molar-refractivity contribution is 0.0909. The van der Waals surface area contributed by atoms with Crippen molar-refractivity contribution in [2.24, 2.45) is 10.9 Å². The second-order valence-corrected chi connectivity index (χ2v) is 4.02. The highest BCUT2D eigenvalue weighted by Crippen LogP contribution is 2.17. The van der Waals surface area contributed by atoms with Gasteiger partial charge in [-0.1, -0.05) is 5.16 Å². The van der Waals surface area contributed by atoms with Gasteiger partial charge in [0, 0.05) is 5.54 Å². The molecule has 0 heterocycles. The summed E-state index contributed by atoms with van der Waals surface area (Å²) < 4.78 is 0. The van der Waals surface area contributed by atoms with E-state index in [4.69, 9.17) is 16.0 Å². The highest BCUT2D eigenvalue weighted by Gasteiger charge is 2.32. The molecule has 6 nitrogen and oxygen atoms in total. The number of amides is 1. The van der Waals surface area contributed by atoms with E-state index in [9.17, 15) is 4.79 Å². The fourth-order valence-electron chi connectivity index (χ4n) is 1.25. The van der Waals surface area contributed by atoms with E-state index >= 15 is 0 Å². The van der Waals surface area contributed by atoms with Gasteiger partial charge in [0.15, 0.2) is 5.84 Å². The Labute approximate surface area is 83.0 Å². The number of oxime groups is 1. The molecule has 0 aromatic heterocycles. The molecular formula is C8H17N3O3. The Morgan fingerprint density at radius 2 is 1.93 bits per heavy atom. The van der Waals surface area contributed by atoms with Crippen LogP contribution in [0, 0.1) is 0 Å². The van der Waals surface area contributed by atoms with Crippen LogP contribution in [0.2, 0.25) is 0 Å². The van der Waals surface area contributed by atoms with Gasteiger partial charge in [-0.15, -0.1) is 0 Å². The van der Waals surface area contributed by atoms with E-state index < -0.39 is 17.7 Å². The number of nitrogens with two attached hydrogens (primary N) is 1. The monoisotopic (exact) mass is 203 g/mol. The smallest absolute Gasteiger partial charge is 0.408 e. The van der Waals surface area contributed by atoms with Crippen LogP contribution in [0.25, 0.3) is 0 Å². The average Bonchev–Trinajstić information content (AvgIpc) is 1.99. The Hall–Kier alpha value is -1.46. The lowest BCUT2D eigenvalue weighted by atomic mass is 10.0. The topological polar surface area (TPSA) is 99.2 Å². The summed E-state index contributed by atoms with van der Waals surface area (Å²) in [5.74, 6) is -0.123. The van der Waals surface area contributed by atoms with Gasteiger partial charge in [0.1, 0.15) is 0 Å². The van der Waals surface area contributed by atoms with Crippen LogP contribution in [0.1, 0.15) is 27.7 Å². The van der Waals surface area contributed by atoms with Crippen LogP contribution < -0.4 is 5.73 Å². The fourth-order valence-corrected chi connectivity index (χ4v) is 1.25. The van der Waals surface area contributed by atoms with Crippen LogP contribution in [0.4, 0.5) is 4.79 Å². The number of rotatable bonds is 2. The molecule has 0 bridgehead atoms. The molecule has 1 amide bonds. The zero-order chi connectivity index (χ0) is 11.5. The van der Waals surface area contributed by atoms with Gasteiger partial charge in [-0.05, 0) is 27.7 Å². The number of carboxylic acid groups (broad SMARTS) is 1. The first-order valence-corrected chi connectivity index (χ1v) is 4.21. The first-order valence-electron chi connectivity index (χ1n) is 4.21. The van der Waals surface area contributed by atoms with Crippen LogP contribution in [0.5, 0.6) is 0 Å². The predicted molar refractivity (Wildman–Crippen MR) is 52.5 cm³/mol. The van der Waals surface area contributed by atoms with E-state index in [1.165, 1.54) is 0 Å². The van der Waals surface area contributed by atoms with Gasteiger partial charge in [0.25, 0.3) is 0 Å². The molecule has 82 valence electrons. The van der Waals surface area contributed by atoms with Gasteiger partial charge in [0.05, 0.1) is 6.04 Å². The molecule has 0 saturated carbocycles. The third-order valence-corrected chi connectivity index (χ3v) is 1.86. The van der Waals surface area contributed by atoms with E-state index in [0.717, 1.165) is 4.90 Å². The standard InChI is InChI=1S/C8H17N3O3/c1-5(6(9)10-14)11(7(12)13)8(2,3)4/h5,14H,1-4H3,(H2,9,10)(H,12,13)/t5-/m0/s1. The summed E-state index contributed by atoms with van der Waals surface area (Å²) in [6.45, 7) is 6.78. The average molecular weight is 203 g/mol. The first-order chi connectivity index (χ1) is 6.21. The molecule has 0 radical (unpaired) electrons. The van der Waals surface area contributed by atoms with E-state index in [1.54, 1.807) is 27.7 Å². The number of carbonyl (C=O) groups is 1. The Morgan fingerprint density at radius 1 is 1.50 bits per heavy atom. The summed E-state index contributed by atoms with van der Waals surface area (Å²) >= 11 is 0. The summed E-state index contributed by atoms with van der Waals surface area (Å²) in [4.78, 5) is 12.1. The Kier molecular flexibility index (Phi) is 3.73. The maximum atomic E-state index is 10.9. The van der Waals surface area contributed by atoms with Crippen LogP contribution in [-0.4, -0.2) is 38.7 Å². The fraction of sp³-hybridized carbons (Fsp3) is 0.750. The molecular weight excluding hydrogens is 186 g/mol. The highest BCUT2D eigenvalue weighted by molar-refractivity contribution is 5.88.